The second kappa shape index (κ2) is 8.29. The normalized spacial score (nSPS) is 23.4. The van der Waals surface area contributed by atoms with Crippen LogP contribution >= 0.6 is 0 Å². The number of hydrogen-bond donors (Lipinski definition) is 1. The summed E-state index contributed by atoms with van der Waals surface area (Å²) in [6.07, 6.45) is 8.65. The molecule has 3 nitrogen and oxygen atoms in total. The molecule has 0 spiro atoms. The molecule has 2 aromatic carbocycles. The van der Waals surface area contributed by atoms with Crippen molar-refractivity contribution in [2.24, 2.45) is 5.92 Å². The summed E-state index contributed by atoms with van der Waals surface area (Å²) < 4.78 is 0. The molecular weight excluding hydrogens is 368 g/mol. The molecule has 30 heavy (non-hydrogen) atoms. The lowest BCUT2D eigenvalue weighted by Gasteiger charge is -2.37. The minimum absolute atomic E-state index is 0.158. The van der Waals surface area contributed by atoms with E-state index in [9.17, 15) is 4.79 Å². The number of carbonyl (C=O) groups excluding carboxylic acids is 1. The van der Waals surface area contributed by atoms with Gasteiger partial charge in [-0.05, 0) is 74.1 Å². The zero-order valence-electron chi connectivity index (χ0n) is 17.9. The van der Waals surface area contributed by atoms with E-state index >= 15 is 0 Å². The molecule has 1 amide bonds. The average Bonchev–Trinajstić information content (AvgIpc) is 3.39. The van der Waals surface area contributed by atoms with Crippen molar-refractivity contribution in [2.75, 3.05) is 6.54 Å². The zero-order valence-corrected chi connectivity index (χ0v) is 17.9. The standard InChI is InChI=1S/C27H32N2O/c1-2-29(27(30)26-18-22-10-4-6-13-25(22)28-26)23-11-7-8-19(17-23)16-21-15-14-20-9-3-5-12-24(20)21/h3-6,9-10,12-13,18-19,21,23,28H,2,7-8,11,14-17H2,1H3/t19-,21+,23+/m1/s1. The largest absolute Gasteiger partial charge is 0.351 e. The van der Waals surface area contributed by atoms with Crippen LogP contribution in [0.3, 0.4) is 0 Å². The molecule has 1 fully saturated rings. The Morgan fingerprint density at radius 3 is 2.77 bits per heavy atom. The first-order chi connectivity index (χ1) is 14.7. The zero-order chi connectivity index (χ0) is 20.5. The highest BCUT2D eigenvalue weighted by Crippen LogP contribution is 2.41. The number of fused-ring (bicyclic) bond motifs is 2. The van der Waals surface area contributed by atoms with Crippen molar-refractivity contribution in [2.45, 2.75) is 63.8 Å². The Bertz CT molecular complexity index is 1000. The van der Waals surface area contributed by atoms with Gasteiger partial charge in [0.2, 0.25) is 0 Å². The molecule has 3 atom stereocenters. The molecule has 1 aromatic heterocycles. The van der Waals surface area contributed by atoms with Crippen LogP contribution in [0.5, 0.6) is 0 Å². The first-order valence-corrected chi connectivity index (χ1v) is 11.7. The van der Waals surface area contributed by atoms with E-state index in [0.29, 0.717) is 12.0 Å². The van der Waals surface area contributed by atoms with Gasteiger partial charge < -0.3 is 9.88 Å². The van der Waals surface area contributed by atoms with Crippen molar-refractivity contribution in [1.29, 1.82) is 0 Å². The summed E-state index contributed by atoms with van der Waals surface area (Å²) in [6.45, 7) is 2.90. The molecule has 5 rings (SSSR count). The van der Waals surface area contributed by atoms with E-state index in [1.54, 1.807) is 11.1 Å². The summed E-state index contributed by atoms with van der Waals surface area (Å²) in [5.41, 5.74) is 4.91. The Kier molecular flexibility index (Phi) is 5.37. The predicted molar refractivity (Wildman–Crippen MR) is 123 cm³/mol. The molecule has 0 bridgehead atoms. The van der Waals surface area contributed by atoms with E-state index < -0.39 is 0 Å². The number of H-pyrrole nitrogens is 1. The molecule has 156 valence electrons. The molecule has 1 heterocycles. The van der Waals surface area contributed by atoms with Crippen LogP contribution in [0.4, 0.5) is 0 Å². The number of aromatic amines is 1. The Hall–Kier alpha value is -2.55. The number of hydrogen-bond acceptors (Lipinski definition) is 1. The van der Waals surface area contributed by atoms with Crippen molar-refractivity contribution in [1.82, 2.24) is 9.88 Å². The number of nitrogens with zero attached hydrogens (tertiary/aromatic N) is 1. The first-order valence-electron chi connectivity index (χ1n) is 11.7. The lowest BCUT2D eigenvalue weighted by molar-refractivity contribution is 0.0601. The number of rotatable bonds is 5. The smallest absolute Gasteiger partial charge is 0.270 e. The van der Waals surface area contributed by atoms with Gasteiger partial charge in [0.15, 0.2) is 0 Å². The Labute approximate surface area is 179 Å². The number of carbonyl (C=O) groups is 1. The van der Waals surface area contributed by atoms with Crippen LogP contribution in [0.1, 0.15) is 73.0 Å². The average molecular weight is 401 g/mol. The molecule has 0 unspecified atom stereocenters. The molecule has 2 aliphatic rings. The van der Waals surface area contributed by atoms with Crippen LogP contribution in [0.25, 0.3) is 10.9 Å². The van der Waals surface area contributed by atoms with Crippen LogP contribution in [0, 0.1) is 5.92 Å². The Morgan fingerprint density at radius 1 is 1.07 bits per heavy atom. The van der Waals surface area contributed by atoms with Crippen molar-refractivity contribution in [3.63, 3.8) is 0 Å². The molecule has 0 aliphatic heterocycles. The fourth-order valence-electron chi connectivity index (χ4n) is 5.96. The van der Waals surface area contributed by atoms with E-state index in [4.69, 9.17) is 0 Å². The maximum absolute atomic E-state index is 13.4. The second-order valence-electron chi connectivity index (χ2n) is 9.22. The summed E-state index contributed by atoms with van der Waals surface area (Å²) in [7, 11) is 0. The molecule has 3 heteroatoms. The Balaban J connectivity index is 1.29. The van der Waals surface area contributed by atoms with Crippen molar-refractivity contribution in [3.8, 4) is 0 Å². The van der Waals surface area contributed by atoms with E-state index in [0.717, 1.165) is 41.9 Å². The highest BCUT2D eigenvalue weighted by molar-refractivity contribution is 5.98. The van der Waals surface area contributed by atoms with Crippen molar-refractivity contribution >= 4 is 16.8 Å². The molecule has 1 N–H and O–H groups in total. The van der Waals surface area contributed by atoms with Gasteiger partial charge in [-0.3, -0.25) is 4.79 Å². The fraction of sp³-hybridized carbons (Fsp3) is 0.444. The van der Waals surface area contributed by atoms with Crippen LogP contribution in [-0.2, 0) is 6.42 Å². The highest BCUT2D eigenvalue weighted by atomic mass is 16.2. The summed E-state index contributed by atoms with van der Waals surface area (Å²) in [5, 5.41) is 1.11. The number of amides is 1. The van der Waals surface area contributed by atoms with Gasteiger partial charge in [-0.25, -0.2) is 0 Å². The van der Waals surface area contributed by atoms with Crippen molar-refractivity contribution in [3.05, 3.63) is 71.4 Å². The summed E-state index contributed by atoms with van der Waals surface area (Å²) in [6, 6.07) is 19.5. The molecule has 3 aromatic rings. The van der Waals surface area contributed by atoms with Crippen LogP contribution in [0.2, 0.25) is 0 Å². The SMILES string of the molecule is CCN(C(=O)c1cc2ccccc2[nH]1)[C@H]1CCC[C@H](C[C@@H]2CCc3ccccc32)C1. The maximum Gasteiger partial charge on any atom is 0.270 e. The van der Waals surface area contributed by atoms with Crippen LogP contribution < -0.4 is 0 Å². The highest BCUT2D eigenvalue weighted by Gasteiger charge is 2.32. The Morgan fingerprint density at radius 2 is 1.90 bits per heavy atom. The van der Waals surface area contributed by atoms with Gasteiger partial charge in [0.1, 0.15) is 5.69 Å². The van der Waals surface area contributed by atoms with Gasteiger partial charge >= 0.3 is 0 Å². The number of para-hydroxylation sites is 1. The van der Waals surface area contributed by atoms with Gasteiger partial charge in [-0.15, -0.1) is 0 Å². The second-order valence-corrected chi connectivity index (χ2v) is 9.22. The number of nitrogens with one attached hydrogen (secondary N) is 1. The molecule has 1 saturated carbocycles. The number of aromatic nitrogens is 1. The van der Waals surface area contributed by atoms with E-state index in [1.165, 1.54) is 32.1 Å². The minimum Gasteiger partial charge on any atom is -0.351 e. The topological polar surface area (TPSA) is 36.1 Å². The number of benzene rings is 2. The van der Waals surface area contributed by atoms with E-state index in [1.807, 2.05) is 24.3 Å². The molecule has 0 radical (unpaired) electrons. The van der Waals surface area contributed by atoms with Crippen LogP contribution in [0.15, 0.2) is 54.6 Å². The minimum atomic E-state index is 0.158. The summed E-state index contributed by atoms with van der Waals surface area (Å²) >= 11 is 0. The predicted octanol–water partition coefficient (Wildman–Crippen LogP) is 6.31. The third-order valence-corrected chi connectivity index (χ3v) is 7.43. The molecule has 2 aliphatic carbocycles. The quantitative estimate of drug-likeness (QED) is 0.535. The first kappa shape index (κ1) is 19.4. The molecular formula is C27H32N2O. The van der Waals surface area contributed by atoms with Gasteiger partial charge in [-0.1, -0.05) is 55.3 Å². The lowest BCUT2D eigenvalue weighted by atomic mass is 9.78. The maximum atomic E-state index is 13.4. The van der Waals surface area contributed by atoms with Crippen molar-refractivity contribution < 1.29 is 4.79 Å². The van der Waals surface area contributed by atoms with Gasteiger partial charge in [0.25, 0.3) is 5.91 Å². The third-order valence-electron chi connectivity index (χ3n) is 7.43. The molecule has 0 saturated heterocycles. The third kappa shape index (κ3) is 3.66. The lowest BCUT2D eigenvalue weighted by Crippen LogP contribution is -2.43. The van der Waals surface area contributed by atoms with E-state index in [-0.39, 0.29) is 5.91 Å². The number of aryl methyl sites for hydroxylation is 1. The monoisotopic (exact) mass is 400 g/mol. The van der Waals surface area contributed by atoms with Crippen LogP contribution in [-0.4, -0.2) is 28.4 Å². The summed E-state index contributed by atoms with van der Waals surface area (Å²) in [4.78, 5) is 18.8. The van der Waals surface area contributed by atoms with Gasteiger partial charge in [0.05, 0.1) is 0 Å². The van der Waals surface area contributed by atoms with E-state index in [2.05, 4.69) is 47.1 Å². The van der Waals surface area contributed by atoms with Gasteiger partial charge in [0, 0.05) is 23.5 Å². The fourth-order valence-corrected chi connectivity index (χ4v) is 5.96. The van der Waals surface area contributed by atoms with Gasteiger partial charge in [-0.2, -0.15) is 0 Å². The summed E-state index contributed by atoms with van der Waals surface area (Å²) in [5.74, 6) is 1.60.